The van der Waals surface area contributed by atoms with E-state index in [1.165, 1.54) is 0 Å². The van der Waals surface area contributed by atoms with Gasteiger partial charge in [-0.05, 0) is 38.8 Å². The van der Waals surface area contributed by atoms with Crippen molar-refractivity contribution in [2.75, 3.05) is 18.0 Å². The van der Waals surface area contributed by atoms with Gasteiger partial charge in [0, 0.05) is 24.8 Å². The van der Waals surface area contributed by atoms with Crippen molar-refractivity contribution >= 4 is 11.6 Å². The van der Waals surface area contributed by atoms with Crippen molar-refractivity contribution in [3.05, 3.63) is 23.8 Å². The Hall–Kier alpha value is -1.79. The predicted octanol–water partition coefficient (Wildman–Crippen LogP) is 0.852. The van der Waals surface area contributed by atoms with E-state index >= 15 is 0 Å². The lowest BCUT2D eigenvalue weighted by Gasteiger charge is -2.22. The van der Waals surface area contributed by atoms with Crippen molar-refractivity contribution in [1.82, 2.24) is 5.32 Å². The lowest BCUT2D eigenvalue weighted by atomic mass is 10.1. The van der Waals surface area contributed by atoms with E-state index in [0.29, 0.717) is 12.8 Å². The number of anilines is 1. The molecule has 1 aliphatic carbocycles. The van der Waals surface area contributed by atoms with Crippen LogP contribution in [0.1, 0.15) is 37.0 Å². The van der Waals surface area contributed by atoms with Crippen LogP contribution < -0.4 is 10.2 Å². The van der Waals surface area contributed by atoms with Crippen molar-refractivity contribution in [3.8, 4) is 5.75 Å². The molecule has 0 heterocycles. The van der Waals surface area contributed by atoms with Crippen molar-refractivity contribution in [1.29, 1.82) is 0 Å². The molecule has 3 atom stereocenters. The van der Waals surface area contributed by atoms with Crippen molar-refractivity contribution in [2.45, 2.75) is 44.9 Å². The molecule has 1 aliphatic rings. The topological polar surface area (TPSA) is 93.0 Å². The first-order valence-corrected chi connectivity index (χ1v) is 7.72. The van der Waals surface area contributed by atoms with Gasteiger partial charge in [0.15, 0.2) is 0 Å². The van der Waals surface area contributed by atoms with Crippen LogP contribution in [0.15, 0.2) is 18.2 Å². The second kappa shape index (κ2) is 6.98. The summed E-state index contributed by atoms with van der Waals surface area (Å²) in [5.41, 5.74) is 1.03. The molecule has 4 N–H and O–H groups in total. The summed E-state index contributed by atoms with van der Waals surface area (Å²) in [6.07, 6.45) is -0.782. The highest BCUT2D eigenvalue weighted by molar-refractivity contribution is 5.97. The standard InChI is InChI=1S/C16H24N2O4/c1-3-18(4-2)10-5-6-11(14(20)9-10)16(22)17-12-7-8-13(19)15(12)21/h5-6,9,12-13,15,19-21H,3-4,7-8H2,1-2H3,(H,17,22)/t12-,13-,15-/m1/s1. The normalized spacial score (nSPS) is 24.3. The van der Waals surface area contributed by atoms with Gasteiger partial charge < -0.3 is 25.5 Å². The first kappa shape index (κ1) is 16.6. The highest BCUT2D eigenvalue weighted by Gasteiger charge is 2.34. The van der Waals surface area contributed by atoms with Crippen LogP contribution in [0.3, 0.4) is 0 Å². The van der Waals surface area contributed by atoms with Gasteiger partial charge >= 0.3 is 0 Å². The molecule has 0 aromatic heterocycles. The fraction of sp³-hybridized carbons (Fsp3) is 0.562. The first-order valence-electron chi connectivity index (χ1n) is 7.72. The molecule has 0 bridgehead atoms. The number of carbonyl (C=O) groups excluding carboxylic acids is 1. The zero-order valence-corrected chi connectivity index (χ0v) is 13.0. The minimum Gasteiger partial charge on any atom is -0.507 e. The van der Waals surface area contributed by atoms with Crippen LogP contribution in [-0.4, -0.2) is 52.6 Å². The number of hydrogen-bond acceptors (Lipinski definition) is 5. The highest BCUT2D eigenvalue weighted by Crippen LogP contribution is 2.26. The zero-order chi connectivity index (χ0) is 16.3. The summed E-state index contributed by atoms with van der Waals surface area (Å²) >= 11 is 0. The molecule has 122 valence electrons. The Labute approximate surface area is 130 Å². The maximum absolute atomic E-state index is 12.2. The predicted molar refractivity (Wildman–Crippen MR) is 84.2 cm³/mol. The number of hydrogen-bond donors (Lipinski definition) is 4. The number of phenolic OH excluding ortho intramolecular Hbond substituents is 1. The van der Waals surface area contributed by atoms with Gasteiger partial charge in [-0.2, -0.15) is 0 Å². The number of aliphatic hydroxyl groups excluding tert-OH is 2. The molecular formula is C16H24N2O4. The lowest BCUT2D eigenvalue weighted by molar-refractivity contribution is 0.0296. The first-order chi connectivity index (χ1) is 10.5. The molecule has 0 radical (unpaired) electrons. The van der Waals surface area contributed by atoms with Crippen LogP contribution in [-0.2, 0) is 0 Å². The van der Waals surface area contributed by atoms with Crippen LogP contribution in [0.2, 0.25) is 0 Å². The second-order valence-electron chi connectivity index (χ2n) is 5.59. The number of carbonyl (C=O) groups is 1. The fourth-order valence-electron chi connectivity index (χ4n) is 2.86. The molecule has 1 saturated carbocycles. The lowest BCUT2D eigenvalue weighted by Crippen LogP contribution is -2.42. The summed E-state index contributed by atoms with van der Waals surface area (Å²) in [4.78, 5) is 14.3. The van der Waals surface area contributed by atoms with E-state index in [0.717, 1.165) is 18.8 Å². The van der Waals surface area contributed by atoms with E-state index in [1.807, 2.05) is 13.8 Å². The number of nitrogens with zero attached hydrogens (tertiary/aromatic N) is 1. The maximum Gasteiger partial charge on any atom is 0.255 e. The summed E-state index contributed by atoms with van der Waals surface area (Å²) in [6.45, 7) is 5.67. The van der Waals surface area contributed by atoms with E-state index < -0.39 is 24.2 Å². The molecule has 1 aromatic carbocycles. The summed E-state index contributed by atoms with van der Waals surface area (Å²) in [6, 6.07) is 4.46. The van der Waals surface area contributed by atoms with Gasteiger partial charge in [0.05, 0.1) is 17.7 Å². The van der Waals surface area contributed by atoms with E-state index in [-0.39, 0.29) is 11.3 Å². The molecule has 2 rings (SSSR count). The largest absolute Gasteiger partial charge is 0.507 e. The van der Waals surface area contributed by atoms with Crippen molar-refractivity contribution in [3.63, 3.8) is 0 Å². The number of nitrogens with one attached hydrogen (secondary N) is 1. The molecule has 1 amide bonds. The molecular weight excluding hydrogens is 284 g/mol. The van der Waals surface area contributed by atoms with Crippen LogP contribution >= 0.6 is 0 Å². The average molecular weight is 308 g/mol. The molecule has 1 fully saturated rings. The van der Waals surface area contributed by atoms with Crippen molar-refractivity contribution in [2.24, 2.45) is 0 Å². The van der Waals surface area contributed by atoms with Gasteiger partial charge in [-0.15, -0.1) is 0 Å². The van der Waals surface area contributed by atoms with E-state index in [2.05, 4.69) is 10.2 Å². The summed E-state index contributed by atoms with van der Waals surface area (Å²) in [7, 11) is 0. The minimum atomic E-state index is -0.957. The highest BCUT2D eigenvalue weighted by atomic mass is 16.3. The quantitative estimate of drug-likeness (QED) is 0.647. The Morgan fingerprint density at radius 1 is 1.27 bits per heavy atom. The van der Waals surface area contributed by atoms with Gasteiger partial charge in [-0.3, -0.25) is 4.79 Å². The summed E-state index contributed by atoms with van der Waals surface area (Å²) < 4.78 is 0. The SMILES string of the molecule is CCN(CC)c1ccc(C(=O)N[C@@H]2CC[C@@H](O)[C@@H]2O)c(O)c1. The maximum atomic E-state index is 12.2. The number of aliphatic hydroxyl groups is 2. The molecule has 0 aliphatic heterocycles. The second-order valence-corrected chi connectivity index (χ2v) is 5.59. The van der Waals surface area contributed by atoms with Crippen LogP contribution in [0.4, 0.5) is 5.69 Å². The average Bonchev–Trinajstić information content (AvgIpc) is 2.80. The van der Waals surface area contributed by atoms with E-state index in [4.69, 9.17) is 0 Å². The smallest absolute Gasteiger partial charge is 0.255 e. The fourth-order valence-corrected chi connectivity index (χ4v) is 2.86. The van der Waals surface area contributed by atoms with Crippen molar-refractivity contribution < 1.29 is 20.1 Å². The number of rotatable bonds is 5. The molecule has 6 heteroatoms. The van der Waals surface area contributed by atoms with E-state index in [1.54, 1.807) is 18.2 Å². The monoisotopic (exact) mass is 308 g/mol. The number of phenols is 1. The third-order valence-electron chi connectivity index (χ3n) is 4.25. The number of aromatic hydroxyl groups is 1. The van der Waals surface area contributed by atoms with Gasteiger partial charge in [-0.25, -0.2) is 0 Å². The summed E-state index contributed by atoms with van der Waals surface area (Å²) in [5.74, 6) is -0.531. The third-order valence-corrected chi connectivity index (χ3v) is 4.25. The van der Waals surface area contributed by atoms with Gasteiger partial charge in [0.1, 0.15) is 11.9 Å². The summed E-state index contributed by atoms with van der Waals surface area (Å²) in [5, 5.41) is 32.0. The minimum absolute atomic E-state index is 0.0880. The molecule has 0 saturated heterocycles. The third kappa shape index (κ3) is 3.34. The Morgan fingerprint density at radius 2 is 1.95 bits per heavy atom. The van der Waals surface area contributed by atoms with Gasteiger partial charge in [-0.1, -0.05) is 0 Å². The molecule has 0 unspecified atom stereocenters. The number of amides is 1. The van der Waals surface area contributed by atoms with Gasteiger partial charge in [0.25, 0.3) is 5.91 Å². The Bertz CT molecular complexity index is 531. The van der Waals surface area contributed by atoms with Crippen LogP contribution in [0, 0.1) is 0 Å². The van der Waals surface area contributed by atoms with Crippen LogP contribution in [0.5, 0.6) is 5.75 Å². The molecule has 1 aromatic rings. The Balaban J connectivity index is 2.10. The number of benzene rings is 1. The molecule has 0 spiro atoms. The molecule has 22 heavy (non-hydrogen) atoms. The van der Waals surface area contributed by atoms with Gasteiger partial charge in [0.2, 0.25) is 0 Å². The zero-order valence-electron chi connectivity index (χ0n) is 13.0. The Morgan fingerprint density at radius 3 is 2.45 bits per heavy atom. The Kier molecular flexibility index (Phi) is 5.26. The van der Waals surface area contributed by atoms with E-state index in [9.17, 15) is 20.1 Å². The molecule has 6 nitrogen and oxygen atoms in total. The van der Waals surface area contributed by atoms with Crippen LogP contribution in [0.25, 0.3) is 0 Å².